The lowest BCUT2D eigenvalue weighted by atomic mass is 10.0. The summed E-state index contributed by atoms with van der Waals surface area (Å²) in [6.07, 6.45) is 0. The molecule has 8 heteroatoms. The number of rotatable bonds is 3. The largest absolute Gasteiger partial charge is 0.507 e. The molecule has 0 amide bonds. The fourth-order valence-corrected chi connectivity index (χ4v) is 2.22. The van der Waals surface area contributed by atoms with Crippen LogP contribution in [0.25, 0.3) is 11.1 Å². The van der Waals surface area contributed by atoms with Crippen molar-refractivity contribution in [3.05, 3.63) is 61.1 Å². The summed E-state index contributed by atoms with van der Waals surface area (Å²) >= 11 is 3.14. The Balaban J connectivity index is 2.71. The molecule has 2 aromatic rings. The molecule has 2 rings (SSSR count). The molecule has 102 valence electrons. The maximum absolute atomic E-state index is 11.1. The second-order valence-corrected chi connectivity index (χ2v) is 4.65. The Bertz CT molecular complexity index is 717. The minimum atomic E-state index is -0.700. The SMILES string of the molecule is O=[N+]([O-])c1ccc(-c2cccc(O)c2Br)c([N+](=O)[O-])c1. The van der Waals surface area contributed by atoms with Gasteiger partial charge in [-0.05, 0) is 28.1 Å². The molecule has 0 fully saturated rings. The molecule has 0 bridgehead atoms. The molecule has 0 aromatic heterocycles. The molecular weight excluding hydrogens is 332 g/mol. The number of non-ortho nitro benzene ring substituents is 1. The van der Waals surface area contributed by atoms with Gasteiger partial charge >= 0.3 is 0 Å². The molecule has 0 saturated carbocycles. The summed E-state index contributed by atoms with van der Waals surface area (Å²) in [5, 5.41) is 31.4. The van der Waals surface area contributed by atoms with Gasteiger partial charge in [0.1, 0.15) is 5.75 Å². The van der Waals surface area contributed by atoms with E-state index in [9.17, 15) is 25.3 Å². The molecular formula is C12H7BrN2O5. The van der Waals surface area contributed by atoms with E-state index in [2.05, 4.69) is 15.9 Å². The van der Waals surface area contributed by atoms with Gasteiger partial charge in [0.25, 0.3) is 11.4 Å². The van der Waals surface area contributed by atoms with E-state index < -0.39 is 15.5 Å². The highest BCUT2D eigenvalue weighted by molar-refractivity contribution is 9.10. The van der Waals surface area contributed by atoms with Gasteiger partial charge in [0.15, 0.2) is 0 Å². The van der Waals surface area contributed by atoms with Crippen molar-refractivity contribution in [3.8, 4) is 16.9 Å². The van der Waals surface area contributed by atoms with E-state index in [1.807, 2.05) is 0 Å². The van der Waals surface area contributed by atoms with Crippen LogP contribution in [-0.4, -0.2) is 15.0 Å². The van der Waals surface area contributed by atoms with Crippen molar-refractivity contribution < 1.29 is 15.0 Å². The third-order valence-electron chi connectivity index (χ3n) is 2.66. The number of benzene rings is 2. The number of halogens is 1. The molecule has 0 spiro atoms. The summed E-state index contributed by atoms with van der Waals surface area (Å²) in [4.78, 5) is 20.4. The molecule has 0 aliphatic heterocycles. The zero-order valence-corrected chi connectivity index (χ0v) is 11.4. The first-order chi connectivity index (χ1) is 9.41. The van der Waals surface area contributed by atoms with Crippen molar-refractivity contribution >= 4 is 27.3 Å². The molecule has 0 atom stereocenters. The van der Waals surface area contributed by atoms with E-state index in [1.165, 1.54) is 24.3 Å². The number of nitro benzene ring substituents is 2. The summed E-state index contributed by atoms with van der Waals surface area (Å²) in [5.74, 6) is -0.0739. The second kappa shape index (κ2) is 5.25. The Labute approximate surface area is 120 Å². The van der Waals surface area contributed by atoms with Gasteiger partial charge in [-0.15, -0.1) is 0 Å². The van der Waals surface area contributed by atoms with E-state index in [1.54, 1.807) is 6.07 Å². The van der Waals surface area contributed by atoms with Gasteiger partial charge in [-0.3, -0.25) is 20.2 Å². The van der Waals surface area contributed by atoms with Gasteiger partial charge in [-0.1, -0.05) is 12.1 Å². The average Bonchev–Trinajstić information content (AvgIpc) is 2.41. The minimum Gasteiger partial charge on any atom is -0.507 e. The van der Waals surface area contributed by atoms with E-state index in [4.69, 9.17) is 0 Å². The number of hydrogen-bond donors (Lipinski definition) is 1. The Morgan fingerprint density at radius 2 is 1.70 bits per heavy atom. The summed E-state index contributed by atoms with van der Waals surface area (Å²) in [6.45, 7) is 0. The predicted molar refractivity (Wildman–Crippen MR) is 74.6 cm³/mol. The third-order valence-corrected chi connectivity index (χ3v) is 3.49. The maximum atomic E-state index is 11.1. The highest BCUT2D eigenvalue weighted by Gasteiger charge is 2.22. The molecule has 0 aliphatic carbocycles. The van der Waals surface area contributed by atoms with Crippen molar-refractivity contribution in [2.45, 2.75) is 0 Å². The highest BCUT2D eigenvalue weighted by Crippen LogP contribution is 2.40. The predicted octanol–water partition coefficient (Wildman–Crippen LogP) is 3.64. The quantitative estimate of drug-likeness (QED) is 0.679. The zero-order valence-electron chi connectivity index (χ0n) is 9.82. The second-order valence-electron chi connectivity index (χ2n) is 3.85. The molecule has 1 N–H and O–H groups in total. The van der Waals surface area contributed by atoms with Gasteiger partial charge in [0.05, 0.1) is 25.9 Å². The number of phenolic OH excluding ortho intramolecular Hbond substituents is 1. The first kappa shape index (κ1) is 13.9. The van der Waals surface area contributed by atoms with Crippen molar-refractivity contribution in [2.75, 3.05) is 0 Å². The van der Waals surface area contributed by atoms with Crippen molar-refractivity contribution in [1.29, 1.82) is 0 Å². The van der Waals surface area contributed by atoms with Crippen LogP contribution in [-0.2, 0) is 0 Å². The van der Waals surface area contributed by atoms with Gasteiger partial charge < -0.3 is 5.11 Å². The lowest BCUT2D eigenvalue weighted by molar-refractivity contribution is -0.393. The Kier molecular flexibility index (Phi) is 3.66. The average molecular weight is 339 g/mol. The van der Waals surface area contributed by atoms with Crippen LogP contribution in [0.1, 0.15) is 0 Å². The van der Waals surface area contributed by atoms with Gasteiger partial charge in [0, 0.05) is 11.6 Å². The van der Waals surface area contributed by atoms with E-state index in [0.717, 1.165) is 6.07 Å². The van der Waals surface area contributed by atoms with Crippen molar-refractivity contribution in [2.24, 2.45) is 0 Å². The highest BCUT2D eigenvalue weighted by atomic mass is 79.9. The van der Waals surface area contributed by atoms with Gasteiger partial charge in [-0.25, -0.2) is 0 Å². The monoisotopic (exact) mass is 338 g/mol. The maximum Gasteiger partial charge on any atom is 0.284 e. The zero-order chi connectivity index (χ0) is 14.9. The Morgan fingerprint density at radius 1 is 1.00 bits per heavy atom. The number of nitrogens with zero attached hydrogens (tertiary/aromatic N) is 2. The minimum absolute atomic E-state index is 0.0739. The molecule has 0 unspecified atom stereocenters. The molecule has 2 aromatic carbocycles. The number of nitro groups is 2. The molecule has 0 heterocycles. The fraction of sp³-hybridized carbons (Fsp3) is 0. The van der Waals surface area contributed by atoms with Gasteiger partial charge in [-0.2, -0.15) is 0 Å². The lowest BCUT2D eigenvalue weighted by Crippen LogP contribution is -1.95. The fourth-order valence-electron chi connectivity index (χ4n) is 1.74. The normalized spacial score (nSPS) is 10.2. The smallest absolute Gasteiger partial charge is 0.284 e. The van der Waals surface area contributed by atoms with Crippen LogP contribution in [0.5, 0.6) is 5.75 Å². The topological polar surface area (TPSA) is 107 Å². The molecule has 0 radical (unpaired) electrons. The van der Waals surface area contributed by atoms with Crippen LogP contribution in [0.2, 0.25) is 0 Å². The van der Waals surface area contributed by atoms with Crippen LogP contribution in [0, 0.1) is 20.2 Å². The standard InChI is InChI=1S/C12H7BrN2O5/c13-12-9(2-1-3-11(12)16)8-5-4-7(14(17)18)6-10(8)15(19)20/h1-6,16H. The summed E-state index contributed by atoms with van der Waals surface area (Å²) in [5.41, 5.74) is -0.197. The van der Waals surface area contributed by atoms with Gasteiger partial charge in [0.2, 0.25) is 0 Å². The molecule has 0 aliphatic rings. The number of hydrogen-bond acceptors (Lipinski definition) is 5. The van der Waals surface area contributed by atoms with E-state index in [-0.39, 0.29) is 21.5 Å². The summed E-state index contributed by atoms with van der Waals surface area (Å²) in [7, 11) is 0. The third kappa shape index (κ3) is 2.45. The molecule has 0 saturated heterocycles. The van der Waals surface area contributed by atoms with Crippen molar-refractivity contribution in [3.63, 3.8) is 0 Å². The summed E-state index contributed by atoms with van der Waals surface area (Å²) < 4.78 is 0.289. The number of aromatic hydroxyl groups is 1. The van der Waals surface area contributed by atoms with Crippen LogP contribution in [0.4, 0.5) is 11.4 Å². The van der Waals surface area contributed by atoms with E-state index in [0.29, 0.717) is 5.56 Å². The molecule has 7 nitrogen and oxygen atoms in total. The first-order valence-corrected chi connectivity index (χ1v) is 6.12. The van der Waals surface area contributed by atoms with Crippen molar-refractivity contribution in [1.82, 2.24) is 0 Å². The van der Waals surface area contributed by atoms with Crippen LogP contribution in [0.15, 0.2) is 40.9 Å². The Hall–Kier alpha value is -2.48. The number of phenols is 1. The van der Waals surface area contributed by atoms with Crippen LogP contribution >= 0.6 is 15.9 Å². The molecule has 20 heavy (non-hydrogen) atoms. The Morgan fingerprint density at radius 3 is 2.30 bits per heavy atom. The van der Waals surface area contributed by atoms with Crippen LogP contribution in [0.3, 0.4) is 0 Å². The summed E-state index contributed by atoms with van der Waals surface area (Å²) in [6, 6.07) is 7.88. The first-order valence-electron chi connectivity index (χ1n) is 5.32. The van der Waals surface area contributed by atoms with Crippen LogP contribution < -0.4 is 0 Å². The van der Waals surface area contributed by atoms with E-state index >= 15 is 0 Å². The lowest BCUT2D eigenvalue weighted by Gasteiger charge is -2.07.